The molecule has 11 heavy (non-hydrogen) atoms. The van der Waals surface area contributed by atoms with Crippen molar-refractivity contribution in [3.63, 3.8) is 0 Å². The van der Waals surface area contributed by atoms with Gasteiger partial charge in [-0.15, -0.1) is 0 Å². The molecule has 0 saturated carbocycles. The smallest absolute Gasteiger partial charge is 0.158 e. The first kappa shape index (κ1) is 8.62. The van der Waals surface area contributed by atoms with Gasteiger partial charge in [0.2, 0.25) is 0 Å². The third-order valence-electron chi connectivity index (χ3n) is 1.44. The number of hydrogen-bond donors (Lipinski definition) is 1. The van der Waals surface area contributed by atoms with Crippen LogP contribution in [0.2, 0.25) is 0 Å². The van der Waals surface area contributed by atoms with Crippen molar-refractivity contribution < 1.29 is 0 Å². The Morgan fingerprint density at radius 1 is 1.64 bits per heavy atom. The van der Waals surface area contributed by atoms with Gasteiger partial charge in [0.15, 0.2) is 5.82 Å². The van der Waals surface area contributed by atoms with Gasteiger partial charge < -0.3 is 5.73 Å². The van der Waals surface area contributed by atoms with E-state index < -0.39 is 0 Å². The normalized spacial score (nSPS) is 13.8. The topological polar surface area (TPSA) is 51.8 Å². The van der Waals surface area contributed by atoms with E-state index >= 15 is 0 Å². The van der Waals surface area contributed by atoms with Crippen molar-refractivity contribution in [3.05, 3.63) is 11.3 Å². The van der Waals surface area contributed by atoms with Crippen LogP contribution in [0.25, 0.3) is 0 Å². The zero-order valence-electron chi connectivity index (χ0n) is 6.82. The van der Waals surface area contributed by atoms with Gasteiger partial charge in [-0.3, -0.25) is 0 Å². The summed E-state index contributed by atoms with van der Waals surface area (Å²) < 4.78 is 4.07. The Balaban J connectivity index is 2.49. The molecule has 62 valence electrons. The maximum Gasteiger partial charge on any atom is 0.158 e. The molecule has 0 aromatic carbocycles. The second-order valence-corrected chi connectivity index (χ2v) is 3.63. The van der Waals surface area contributed by atoms with Gasteiger partial charge in [-0.1, -0.05) is 13.8 Å². The highest BCUT2D eigenvalue weighted by atomic mass is 32.1. The van der Waals surface area contributed by atoms with E-state index in [-0.39, 0.29) is 6.04 Å². The van der Waals surface area contributed by atoms with Crippen molar-refractivity contribution in [1.29, 1.82) is 0 Å². The van der Waals surface area contributed by atoms with Crippen LogP contribution in [0.1, 0.15) is 32.1 Å². The molecule has 2 N–H and O–H groups in total. The number of aromatic nitrogens is 2. The second-order valence-electron chi connectivity index (χ2n) is 3.03. The molecule has 1 aromatic heterocycles. The Labute approximate surface area is 70.8 Å². The van der Waals surface area contributed by atoms with Gasteiger partial charge in [-0.05, 0) is 23.9 Å². The van der Waals surface area contributed by atoms with Crippen molar-refractivity contribution in [2.24, 2.45) is 11.7 Å². The van der Waals surface area contributed by atoms with Crippen LogP contribution in [0.3, 0.4) is 0 Å². The first-order valence-corrected chi connectivity index (χ1v) is 4.55. The molecule has 1 rings (SSSR count). The van der Waals surface area contributed by atoms with Gasteiger partial charge >= 0.3 is 0 Å². The number of hydrogen-bond acceptors (Lipinski definition) is 4. The van der Waals surface area contributed by atoms with Gasteiger partial charge in [0.25, 0.3) is 0 Å². The Kier molecular flexibility index (Phi) is 2.96. The van der Waals surface area contributed by atoms with Crippen molar-refractivity contribution in [3.8, 4) is 0 Å². The maximum atomic E-state index is 5.82. The molecule has 0 bridgehead atoms. The quantitative estimate of drug-likeness (QED) is 0.751. The summed E-state index contributed by atoms with van der Waals surface area (Å²) in [5, 5.41) is 0. The molecule has 4 heteroatoms. The molecule has 0 aliphatic heterocycles. The highest BCUT2D eigenvalue weighted by Gasteiger charge is 2.10. The van der Waals surface area contributed by atoms with E-state index in [0.29, 0.717) is 5.92 Å². The van der Waals surface area contributed by atoms with Crippen molar-refractivity contribution in [2.45, 2.75) is 26.3 Å². The molecule has 0 aliphatic carbocycles. The lowest BCUT2D eigenvalue weighted by molar-refractivity contribution is 0.496. The number of rotatable bonds is 3. The van der Waals surface area contributed by atoms with Gasteiger partial charge in [-0.25, -0.2) is 4.98 Å². The number of nitrogens with zero attached hydrogens (tertiary/aromatic N) is 2. The van der Waals surface area contributed by atoms with Crippen LogP contribution in [0.4, 0.5) is 0 Å². The lowest BCUT2D eigenvalue weighted by Gasteiger charge is -2.09. The van der Waals surface area contributed by atoms with E-state index in [9.17, 15) is 0 Å². The van der Waals surface area contributed by atoms with Gasteiger partial charge in [0.05, 0.1) is 6.04 Å². The van der Waals surface area contributed by atoms with E-state index in [2.05, 4.69) is 23.2 Å². The summed E-state index contributed by atoms with van der Waals surface area (Å²) >= 11 is 1.35. The second kappa shape index (κ2) is 3.78. The van der Waals surface area contributed by atoms with Crippen LogP contribution in [0, 0.1) is 5.92 Å². The van der Waals surface area contributed by atoms with Crippen molar-refractivity contribution in [2.75, 3.05) is 0 Å². The van der Waals surface area contributed by atoms with E-state index in [1.165, 1.54) is 11.5 Å². The fraction of sp³-hybridized carbons (Fsp3) is 0.714. The van der Waals surface area contributed by atoms with Crippen LogP contribution < -0.4 is 5.73 Å². The summed E-state index contributed by atoms with van der Waals surface area (Å²) in [5.41, 5.74) is 7.54. The Morgan fingerprint density at radius 3 is 2.82 bits per heavy atom. The zero-order valence-corrected chi connectivity index (χ0v) is 7.64. The minimum atomic E-state index is 0.0150. The maximum absolute atomic E-state index is 5.82. The summed E-state index contributed by atoms with van der Waals surface area (Å²) in [6.45, 7) is 4.29. The summed E-state index contributed by atoms with van der Waals surface area (Å²) in [4.78, 5) is 4.05. The van der Waals surface area contributed by atoms with E-state index in [0.717, 1.165) is 12.2 Å². The first-order valence-electron chi connectivity index (χ1n) is 3.72. The van der Waals surface area contributed by atoms with E-state index in [1.54, 1.807) is 5.51 Å². The Morgan fingerprint density at radius 2 is 2.36 bits per heavy atom. The first-order chi connectivity index (χ1) is 5.20. The predicted octanol–water partition coefficient (Wildman–Crippen LogP) is 1.58. The minimum absolute atomic E-state index is 0.0150. The summed E-state index contributed by atoms with van der Waals surface area (Å²) in [6.07, 6.45) is 0.955. The molecule has 0 amide bonds. The third-order valence-corrected chi connectivity index (χ3v) is 1.93. The van der Waals surface area contributed by atoms with Crippen molar-refractivity contribution >= 4 is 11.5 Å². The highest BCUT2D eigenvalue weighted by Crippen LogP contribution is 2.15. The van der Waals surface area contributed by atoms with Gasteiger partial charge in [-0.2, -0.15) is 4.37 Å². The summed E-state index contributed by atoms with van der Waals surface area (Å²) in [5.74, 6) is 1.39. The average Bonchev–Trinajstić information content (AvgIpc) is 2.35. The van der Waals surface area contributed by atoms with Crippen molar-refractivity contribution in [1.82, 2.24) is 9.36 Å². The lowest BCUT2D eigenvalue weighted by atomic mass is 10.0. The van der Waals surface area contributed by atoms with Gasteiger partial charge in [0.1, 0.15) is 5.51 Å². The predicted molar refractivity (Wildman–Crippen MR) is 46.3 cm³/mol. The molecule has 1 aromatic rings. The summed E-state index contributed by atoms with van der Waals surface area (Å²) in [7, 11) is 0. The van der Waals surface area contributed by atoms with Crippen LogP contribution in [-0.2, 0) is 0 Å². The SMILES string of the molecule is CC(C)CC(N)c1ncsn1. The molecule has 3 nitrogen and oxygen atoms in total. The molecule has 0 radical (unpaired) electrons. The number of nitrogens with two attached hydrogens (primary N) is 1. The molecular formula is C7H13N3S. The van der Waals surface area contributed by atoms with Crippen LogP contribution in [-0.4, -0.2) is 9.36 Å². The van der Waals surface area contributed by atoms with Crippen LogP contribution in [0.5, 0.6) is 0 Å². The monoisotopic (exact) mass is 171 g/mol. The molecule has 1 heterocycles. The molecule has 1 atom stereocenters. The molecule has 0 spiro atoms. The average molecular weight is 171 g/mol. The molecule has 0 aliphatic rings. The fourth-order valence-corrected chi connectivity index (χ4v) is 1.45. The van der Waals surface area contributed by atoms with Crippen LogP contribution >= 0.6 is 11.5 Å². The molecular weight excluding hydrogens is 158 g/mol. The van der Waals surface area contributed by atoms with Crippen LogP contribution in [0.15, 0.2) is 5.51 Å². The standard InChI is InChI=1S/C7H13N3S/c1-5(2)3-6(8)7-9-4-11-10-7/h4-6H,3,8H2,1-2H3. The Bertz CT molecular complexity index is 195. The largest absolute Gasteiger partial charge is 0.321 e. The molecule has 1 unspecified atom stereocenters. The lowest BCUT2D eigenvalue weighted by Crippen LogP contribution is -2.14. The van der Waals surface area contributed by atoms with E-state index in [4.69, 9.17) is 5.73 Å². The third kappa shape index (κ3) is 2.55. The Hall–Kier alpha value is -0.480. The van der Waals surface area contributed by atoms with E-state index in [1.807, 2.05) is 0 Å². The minimum Gasteiger partial charge on any atom is -0.321 e. The summed E-state index contributed by atoms with van der Waals surface area (Å²) in [6, 6.07) is 0.0150. The highest BCUT2D eigenvalue weighted by molar-refractivity contribution is 7.03. The molecule has 0 saturated heterocycles. The fourth-order valence-electron chi connectivity index (χ4n) is 0.955. The zero-order chi connectivity index (χ0) is 8.27. The van der Waals surface area contributed by atoms with Gasteiger partial charge in [0, 0.05) is 0 Å². The molecule has 0 fully saturated rings.